The zero-order valence-corrected chi connectivity index (χ0v) is 11.0. The SMILES string of the molecule is CCCCc1c(C)c(OC)c(C)c(C)c1O. The summed E-state index contributed by atoms with van der Waals surface area (Å²) in [6.45, 7) is 8.12. The first-order chi connectivity index (χ1) is 7.54. The van der Waals surface area contributed by atoms with E-state index in [1.165, 1.54) is 0 Å². The standard InChI is InChI=1S/C14H22O2/c1-6-7-8-12-11(4)14(16-5)10(3)9(2)13(12)15/h15H,6-8H2,1-5H3. The molecule has 0 unspecified atom stereocenters. The summed E-state index contributed by atoms with van der Waals surface area (Å²) in [5.74, 6) is 1.37. The van der Waals surface area contributed by atoms with Crippen LogP contribution in [0.2, 0.25) is 0 Å². The Hall–Kier alpha value is -1.18. The molecule has 0 heterocycles. The lowest BCUT2D eigenvalue weighted by molar-refractivity contribution is 0.402. The molecule has 0 amide bonds. The van der Waals surface area contributed by atoms with Crippen molar-refractivity contribution in [2.24, 2.45) is 0 Å². The molecule has 0 aromatic heterocycles. The molecular weight excluding hydrogens is 200 g/mol. The molecule has 1 aromatic carbocycles. The fourth-order valence-electron chi connectivity index (χ4n) is 2.14. The predicted molar refractivity (Wildman–Crippen MR) is 67.5 cm³/mol. The van der Waals surface area contributed by atoms with E-state index in [9.17, 15) is 5.11 Å². The van der Waals surface area contributed by atoms with E-state index in [-0.39, 0.29) is 0 Å². The number of methoxy groups -OCH3 is 1. The Kier molecular flexibility index (Phi) is 4.22. The second-order valence-electron chi connectivity index (χ2n) is 4.34. The zero-order valence-electron chi connectivity index (χ0n) is 11.0. The van der Waals surface area contributed by atoms with Crippen molar-refractivity contribution < 1.29 is 9.84 Å². The number of hydrogen-bond acceptors (Lipinski definition) is 2. The quantitative estimate of drug-likeness (QED) is 0.842. The van der Waals surface area contributed by atoms with Crippen molar-refractivity contribution in [1.29, 1.82) is 0 Å². The summed E-state index contributed by atoms with van der Waals surface area (Å²) in [6, 6.07) is 0. The first-order valence-electron chi connectivity index (χ1n) is 5.90. The number of aromatic hydroxyl groups is 1. The molecule has 16 heavy (non-hydrogen) atoms. The minimum Gasteiger partial charge on any atom is -0.507 e. The summed E-state index contributed by atoms with van der Waals surface area (Å²) in [5.41, 5.74) is 4.10. The summed E-state index contributed by atoms with van der Waals surface area (Å²) in [7, 11) is 1.69. The van der Waals surface area contributed by atoms with Gasteiger partial charge in [-0.3, -0.25) is 0 Å². The van der Waals surface area contributed by atoms with Crippen LogP contribution in [0.25, 0.3) is 0 Å². The maximum absolute atomic E-state index is 10.2. The Morgan fingerprint density at radius 3 is 2.19 bits per heavy atom. The lowest BCUT2D eigenvalue weighted by Gasteiger charge is -2.18. The number of ether oxygens (including phenoxy) is 1. The van der Waals surface area contributed by atoms with Gasteiger partial charge >= 0.3 is 0 Å². The van der Waals surface area contributed by atoms with E-state index in [0.29, 0.717) is 5.75 Å². The summed E-state index contributed by atoms with van der Waals surface area (Å²) in [5, 5.41) is 10.2. The molecule has 1 aromatic rings. The van der Waals surface area contributed by atoms with Gasteiger partial charge in [0.15, 0.2) is 0 Å². The smallest absolute Gasteiger partial charge is 0.125 e. The summed E-state index contributed by atoms with van der Waals surface area (Å²) in [6.07, 6.45) is 3.15. The van der Waals surface area contributed by atoms with E-state index in [2.05, 4.69) is 6.92 Å². The van der Waals surface area contributed by atoms with Crippen molar-refractivity contribution in [2.45, 2.75) is 47.0 Å². The van der Waals surface area contributed by atoms with Crippen LogP contribution in [-0.4, -0.2) is 12.2 Å². The lowest BCUT2D eigenvalue weighted by atomic mass is 9.94. The minimum absolute atomic E-state index is 0.448. The van der Waals surface area contributed by atoms with Crippen molar-refractivity contribution in [3.8, 4) is 11.5 Å². The molecule has 0 fully saturated rings. The third-order valence-electron chi connectivity index (χ3n) is 3.32. The normalized spacial score (nSPS) is 10.6. The molecule has 0 aliphatic rings. The van der Waals surface area contributed by atoms with Crippen LogP contribution >= 0.6 is 0 Å². The van der Waals surface area contributed by atoms with Crippen molar-refractivity contribution in [3.63, 3.8) is 0 Å². The molecule has 0 saturated heterocycles. The largest absolute Gasteiger partial charge is 0.507 e. The molecule has 2 nitrogen and oxygen atoms in total. The maximum atomic E-state index is 10.2. The van der Waals surface area contributed by atoms with Crippen LogP contribution in [-0.2, 0) is 6.42 Å². The highest BCUT2D eigenvalue weighted by molar-refractivity contribution is 5.57. The van der Waals surface area contributed by atoms with Crippen LogP contribution in [0.1, 0.15) is 42.0 Å². The van der Waals surface area contributed by atoms with Gasteiger partial charge < -0.3 is 9.84 Å². The van der Waals surface area contributed by atoms with E-state index >= 15 is 0 Å². The minimum atomic E-state index is 0.448. The number of rotatable bonds is 4. The number of phenols is 1. The zero-order chi connectivity index (χ0) is 12.3. The van der Waals surface area contributed by atoms with Gasteiger partial charge in [-0.05, 0) is 50.3 Å². The molecule has 0 aliphatic carbocycles. The van der Waals surface area contributed by atoms with Gasteiger partial charge in [0.1, 0.15) is 11.5 Å². The Morgan fingerprint density at radius 1 is 1.06 bits per heavy atom. The summed E-state index contributed by atoms with van der Waals surface area (Å²) >= 11 is 0. The number of phenolic OH excluding ortho intramolecular Hbond substituents is 1. The Morgan fingerprint density at radius 2 is 1.69 bits per heavy atom. The second kappa shape index (κ2) is 5.24. The fourth-order valence-corrected chi connectivity index (χ4v) is 2.14. The molecule has 1 rings (SSSR count). The Labute approximate surface area is 98.3 Å². The number of unbranched alkanes of at least 4 members (excludes halogenated alkanes) is 1. The average molecular weight is 222 g/mol. The molecule has 1 N–H and O–H groups in total. The van der Waals surface area contributed by atoms with Crippen molar-refractivity contribution in [3.05, 3.63) is 22.3 Å². The lowest BCUT2D eigenvalue weighted by Crippen LogP contribution is -2.00. The van der Waals surface area contributed by atoms with Gasteiger partial charge in [-0.1, -0.05) is 13.3 Å². The van der Waals surface area contributed by atoms with Gasteiger partial charge in [0, 0.05) is 5.56 Å². The molecule has 0 atom stereocenters. The molecular formula is C14H22O2. The van der Waals surface area contributed by atoms with Gasteiger partial charge in [-0.25, -0.2) is 0 Å². The van der Waals surface area contributed by atoms with E-state index in [1.54, 1.807) is 7.11 Å². The monoisotopic (exact) mass is 222 g/mol. The Balaban J connectivity index is 3.31. The van der Waals surface area contributed by atoms with E-state index < -0.39 is 0 Å². The molecule has 0 aliphatic heterocycles. The maximum Gasteiger partial charge on any atom is 0.125 e. The van der Waals surface area contributed by atoms with Crippen molar-refractivity contribution in [2.75, 3.05) is 7.11 Å². The average Bonchev–Trinajstić information content (AvgIpc) is 2.27. The number of benzene rings is 1. The molecule has 0 bridgehead atoms. The first-order valence-corrected chi connectivity index (χ1v) is 5.90. The summed E-state index contributed by atoms with van der Waals surface area (Å²) in [4.78, 5) is 0. The predicted octanol–water partition coefficient (Wildman–Crippen LogP) is 3.67. The van der Waals surface area contributed by atoms with E-state index in [1.807, 2.05) is 20.8 Å². The molecule has 90 valence electrons. The van der Waals surface area contributed by atoms with Crippen LogP contribution in [0.4, 0.5) is 0 Å². The number of hydrogen-bond donors (Lipinski definition) is 1. The van der Waals surface area contributed by atoms with Gasteiger partial charge in [-0.15, -0.1) is 0 Å². The summed E-state index contributed by atoms with van der Waals surface area (Å²) < 4.78 is 5.42. The van der Waals surface area contributed by atoms with Crippen LogP contribution in [0, 0.1) is 20.8 Å². The van der Waals surface area contributed by atoms with Gasteiger partial charge in [0.05, 0.1) is 7.11 Å². The van der Waals surface area contributed by atoms with Gasteiger partial charge in [0.2, 0.25) is 0 Å². The highest BCUT2D eigenvalue weighted by atomic mass is 16.5. The van der Waals surface area contributed by atoms with Crippen molar-refractivity contribution in [1.82, 2.24) is 0 Å². The van der Waals surface area contributed by atoms with Crippen LogP contribution in [0.15, 0.2) is 0 Å². The van der Waals surface area contributed by atoms with Gasteiger partial charge in [0.25, 0.3) is 0 Å². The Bertz CT molecular complexity index is 381. The molecule has 2 heteroatoms. The molecule has 0 radical (unpaired) electrons. The third kappa shape index (κ3) is 2.16. The third-order valence-corrected chi connectivity index (χ3v) is 3.32. The van der Waals surface area contributed by atoms with Crippen LogP contribution < -0.4 is 4.74 Å². The van der Waals surface area contributed by atoms with E-state index in [4.69, 9.17) is 4.74 Å². The first kappa shape index (κ1) is 12.9. The van der Waals surface area contributed by atoms with Crippen LogP contribution in [0.5, 0.6) is 11.5 Å². The van der Waals surface area contributed by atoms with Crippen LogP contribution in [0.3, 0.4) is 0 Å². The highest BCUT2D eigenvalue weighted by Crippen LogP contribution is 2.37. The second-order valence-corrected chi connectivity index (χ2v) is 4.34. The topological polar surface area (TPSA) is 29.5 Å². The fraction of sp³-hybridized carbons (Fsp3) is 0.571. The van der Waals surface area contributed by atoms with Gasteiger partial charge in [-0.2, -0.15) is 0 Å². The van der Waals surface area contributed by atoms with E-state index in [0.717, 1.165) is 47.3 Å². The molecule has 0 saturated carbocycles. The van der Waals surface area contributed by atoms with Crippen molar-refractivity contribution >= 4 is 0 Å². The highest BCUT2D eigenvalue weighted by Gasteiger charge is 2.16. The molecule has 0 spiro atoms.